The van der Waals surface area contributed by atoms with Crippen LogP contribution in [0.1, 0.15) is 17.1 Å². The smallest absolute Gasteiger partial charge is 0.226 e. The van der Waals surface area contributed by atoms with Crippen LogP contribution >= 0.6 is 23.1 Å². The molecule has 0 saturated carbocycles. The van der Waals surface area contributed by atoms with E-state index in [0.717, 1.165) is 32.8 Å². The van der Waals surface area contributed by atoms with Crippen LogP contribution in [-0.4, -0.2) is 9.97 Å². The molecule has 0 atom stereocenters. The van der Waals surface area contributed by atoms with E-state index >= 15 is 0 Å². The van der Waals surface area contributed by atoms with E-state index < -0.39 is 0 Å². The Labute approximate surface area is 126 Å². The highest BCUT2D eigenvalue weighted by Gasteiger charge is 2.12. The molecule has 1 aromatic carbocycles. The van der Waals surface area contributed by atoms with Gasteiger partial charge in [0.1, 0.15) is 10.1 Å². The Morgan fingerprint density at radius 1 is 1.15 bits per heavy atom. The molecule has 0 radical (unpaired) electrons. The molecule has 3 rings (SSSR count). The minimum atomic E-state index is 0.689. The number of thioether (sulfide) groups is 1. The number of hydrogen-bond donors (Lipinski definition) is 0. The summed E-state index contributed by atoms with van der Waals surface area (Å²) >= 11 is 3.37. The normalized spacial score (nSPS) is 10.9. The topological polar surface area (TPSA) is 38.9 Å². The standard InChI is InChI=1S/C15H14N2OS2/c1-10-8-19-15(16-10)20-9-13-11(2)18-14(17-13)12-6-4-3-5-7-12/h3-8H,9H2,1-2H3. The number of aromatic nitrogens is 2. The van der Waals surface area contributed by atoms with E-state index in [-0.39, 0.29) is 0 Å². The van der Waals surface area contributed by atoms with Gasteiger partial charge in [-0.1, -0.05) is 30.0 Å². The Balaban J connectivity index is 1.76. The Morgan fingerprint density at radius 2 is 1.95 bits per heavy atom. The summed E-state index contributed by atoms with van der Waals surface area (Å²) < 4.78 is 6.83. The highest BCUT2D eigenvalue weighted by Crippen LogP contribution is 2.29. The molecule has 0 spiro atoms. The minimum absolute atomic E-state index is 0.689. The van der Waals surface area contributed by atoms with E-state index in [1.165, 1.54) is 0 Å². The van der Waals surface area contributed by atoms with Gasteiger partial charge in [0.25, 0.3) is 0 Å². The zero-order valence-electron chi connectivity index (χ0n) is 11.3. The summed E-state index contributed by atoms with van der Waals surface area (Å²) in [7, 11) is 0. The molecular formula is C15H14N2OS2. The molecule has 0 fully saturated rings. The second-order valence-corrected chi connectivity index (χ2v) is 6.51. The van der Waals surface area contributed by atoms with Crippen molar-refractivity contribution in [2.75, 3.05) is 0 Å². The van der Waals surface area contributed by atoms with E-state index in [2.05, 4.69) is 15.3 Å². The number of benzene rings is 1. The van der Waals surface area contributed by atoms with Crippen LogP contribution in [0.3, 0.4) is 0 Å². The number of thiazole rings is 1. The van der Waals surface area contributed by atoms with Gasteiger partial charge in [-0.25, -0.2) is 9.97 Å². The maximum Gasteiger partial charge on any atom is 0.226 e. The van der Waals surface area contributed by atoms with Crippen LogP contribution in [0.4, 0.5) is 0 Å². The lowest BCUT2D eigenvalue weighted by molar-refractivity contribution is 0.540. The fourth-order valence-corrected chi connectivity index (χ4v) is 3.65. The molecule has 0 saturated heterocycles. The van der Waals surface area contributed by atoms with Crippen LogP contribution in [-0.2, 0) is 5.75 Å². The Kier molecular flexibility index (Phi) is 3.89. The van der Waals surface area contributed by atoms with E-state index in [4.69, 9.17) is 4.42 Å². The largest absolute Gasteiger partial charge is 0.441 e. The molecule has 2 aromatic heterocycles. The van der Waals surface area contributed by atoms with Crippen LogP contribution in [0.2, 0.25) is 0 Å². The lowest BCUT2D eigenvalue weighted by Crippen LogP contribution is -1.84. The average molecular weight is 302 g/mol. The van der Waals surface area contributed by atoms with Crippen molar-refractivity contribution < 1.29 is 4.42 Å². The first-order chi connectivity index (χ1) is 9.72. The maximum atomic E-state index is 5.75. The van der Waals surface area contributed by atoms with Gasteiger partial charge >= 0.3 is 0 Å². The van der Waals surface area contributed by atoms with E-state index in [1.54, 1.807) is 23.1 Å². The van der Waals surface area contributed by atoms with Crippen molar-refractivity contribution in [2.24, 2.45) is 0 Å². The summed E-state index contributed by atoms with van der Waals surface area (Å²) in [5, 5.41) is 2.06. The molecule has 0 aliphatic heterocycles. The molecule has 0 aliphatic rings. The fourth-order valence-electron chi connectivity index (χ4n) is 1.79. The zero-order chi connectivity index (χ0) is 13.9. The van der Waals surface area contributed by atoms with E-state index in [0.29, 0.717) is 5.89 Å². The lowest BCUT2D eigenvalue weighted by Gasteiger charge is -1.94. The predicted octanol–water partition coefficient (Wildman–Crippen LogP) is 4.71. The second kappa shape index (κ2) is 5.81. The van der Waals surface area contributed by atoms with Gasteiger partial charge in [0.2, 0.25) is 5.89 Å². The van der Waals surface area contributed by atoms with E-state index in [9.17, 15) is 0 Å². The number of rotatable bonds is 4. The van der Waals surface area contributed by atoms with Crippen LogP contribution in [0, 0.1) is 13.8 Å². The van der Waals surface area contributed by atoms with Crippen molar-refractivity contribution >= 4 is 23.1 Å². The molecule has 0 N–H and O–H groups in total. The van der Waals surface area contributed by atoms with Gasteiger partial charge in [-0.2, -0.15) is 0 Å². The van der Waals surface area contributed by atoms with Crippen molar-refractivity contribution in [3.63, 3.8) is 0 Å². The zero-order valence-corrected chi connectivity index (χ0v) is 12.9. The Bertz CT molecular complexity index is 704. The second-order valence-electron chi connectivity index (χ2n) is 4.43. The number of hydrogen-bond acceptors (Lipinski definition) is 5. The third-order valence-corrected chi connectivity index (χ3v) is 4.99. The number of oxazole rings is 1. The van der Waals surface area contributed by atoms with Crippen molar-refractivity contribution in [2.45, 2.75) is 23.9 Å². The third-order valence-electron chi connectivity index (χ3n) is 2.84. The Hall–Kier alpha value is -1.59. The maximum absolute atomic E-state index is 5.75. The molecule has 20 heavy (non-hydrogen) atoms. The van der Waals surface area contributed by atoms with Crippen LogP contribution in [0.25, 0.3) is 11.5 Å². The number of aryl methyl sites for hydroxylation is 2. The first-order valence-corrected chi connectivity index (χ1v) is 8.15. The van der Waals surface area contributed by atoms with Gasteiger partial charge in [-0.05, 0) is 26.0 Å². The van der Waals surface area contributed by atoms with Gasteiger partial charge < -0.3 is 4.42 Å². The van der Waals surface area contributed by atoms with Gasteiger partial charge in [0.05, 0.1) is 5.69 Å². The summed E-state index contributed by atoms with van der Waals surface area (Å²) in [6.45, 7) is 3.97. The summed E-state index contributed by atoms with van der Waals surface area (Å²) in [4.78, 5) is 9.03. The molecule has 5 heteroatoms. The first kappa shape index (κ1) is 13.4. The molecule has 3 aromatic rings. The summed E-state index contributed by atoms with van der Waals surface area (Å²) in [6.07, 6.45) is 0. The molecule has 2 heterocycles. The van der Waals surface area contributed by atoms with Crippen LogP contribution < -0.4 is 0 Å². The van der Waals surface area contributed by atoms with Crippen LogP contribution in [0.15, 0.2) is 44.5 Å². The minimum Gasteiger partial charge on any atom is -0.441 e. The SMILES string of the molecule is Cc1csc(SCc2nc(-c3ccccc3)oc2C)n1. The summed E-state index contributed by atoms with van der Waals surface area (Å²) in [5.41, 5.74) is 3.07. The average Bonchev–Trinajstić information content (AvgIpc) is 3.04. The van der Waals surface area contributed by atoms with Gasteiger partial charge in [-0.15, -0.1) is 11.3 Å². The van der Waals surface area contributed by atoms with Gasteiger partial charge in [0, 0.05) is 22.4 Å². The molecule has 0 amide bonds. The Morgan fingerprint density at radius 3 is 2.65 bits per heavy atom. The fraction of sp³-hybridized carbons (Fsp3) is 0.200. The van der Waals surface area contributed by atoms with Crippen molar-refractivity contribution in [3.05, 3.63) is 52.9 Å². The summed E-state index contributed by atoms with van der Waals surface area (Å²) in [6, 6.07) is 9.98. The van der Waals surface area contributed by atoms with Gasteiger partial charge in [0.15, 0.2) is 0 Å². The molecule has 0 bridgehead atoms. The number of nitrogens with zero attached hydrogens (tertiary/aromatic N) is 2. The van der Waals surface area contributed by atoms with Gasteiger partial charge in [-0.3, -0.25) is 0 Å². The van der Waals surface area contributed by atoms with Crippen molar-refractivity contribution in [1.82, 2.24) is 9.97 Å². The van der Waals surface area contributed by atoms with Crippen LogP contribution in [0.5, 0.6) is 0 Å². The highest BCUT2D eigenvalue weighted by molar-refractivity contribution is 8.00. The van der Waals surface area contributed by atoms with Crippen molar-refractivity contribution in [1.29, 1.82) is 0 Å². The third kappa shape index (κ3) is 2.94. The predicted molar refractivity (Wildman–Crippen MR) is 83.1 cm³/mol. The van der Waals surface area contributed by atoms with E-state index in [1.807, 2.05) is 44.2 Å². The summed E-state index contributed by atoms with van der Waals surface area (Å²) in [5.74, 6) is 2.36. The molecule has 0 unspecified atom stereocenters. The first-order valence-electron chi connectivity index (χ1n) is 6.29. The molecule has 3 nitrogen and oxygen atoms in total. The lowest BCUT2D eigenvalue weighted by atomic mass is 10.2. The van der Waals surface area contributed by atoms with Crippen molar-refractivity contribution in [3.8, 4) is 11.5 Å². The molecule has 102 valence electrons. The highest BCUT2D eigenvalue weighted by atomic mass is 32.2. The molecular weight excluding hydrogens is 288 g/mol. The quantitative estimate of drug-likeness (QED) is 0.654. The molecule has 0 aliphatic carbocycles. The monoisotopic (exact) mass is 302 g/mol.